The van der Waals surface area contributed by atoms with Crippen molar-refractivity contribution in [2.75, 3.05) is 11.4 Å². The van der Waals surface area contributed by atoms with Gasteiger partial charge in [0.25, 0.3) is 0 Å². The maximum absolute atomic E-state index is 9.84. The lowest BCUT2D eigenvalue weighted by Gasteiger charge is -2.32. The lowest BCUT2D eigenvalue weighted by molar-refractivity contribution is 0.138. The van der Waals surface area contributed by atoms with Gasteiger partial charge >= 0.3 is 7.12 Å². The molecule has 92 valence electrons. The highest BCUT2D eigenvalue weighted by Gasteiger charge is 2.24. The van der Waals surface area contributed by atoms with Crippen molar-refractivity contribution in [2.24, 2.45) is 0 Å². The van der Waals surface area contributed by atoms with Crippen molar-refractivity contribution < 1.29 is 15.2 Å². The first-order chi connectivity index (χ1) is 8.09. The van der Waals surface area contributed by atoms with Crippen molar-refractivity contribution >= 4 is 18.5 Å². The highest BCUT2D eigenvalue weighted by Crippen LogP contribution is 2.19. The molecule has 1 saturated heterocycles. The van der Waals surface area contributed by atoms with Gasteiger partial charge in [-0.1, -0.05) is 0 Å². The molecule has 1 fully saturated rings. The van der Waals surface area contributed by atoms with E-state index in [4.69, 9.17) is 10.0 Å². The van der Waals surface area contributed by atoms with Crippen molar-refractivity contribution in [1.82, 2.24) is 9.97 Å². The van der Waals surface area contributed by atoms with Crippen molar-refractivity contribution in [3.8, 4) is 0 Å². The molecule has 1 unspecified atom stereocenters. The topological polar surface area (TPSA) is 89.7 Å². The second kappa shape index (κ2) is 4.99. The Labute approximate surface area is 100 Å². The van der Waals surface area contributed by atoms with Crippen LogP contribution in [0.5, 0.6) is 0 Å². The summed E-state index contributed by atoms with van der Waals surface area (Å²) in [5, 5.41) is 28.0. The molecule has 0 amide bonds. The molecule has 0 aromatic carbocycles. The number of aryl methyl sites for hydroxylation is 1. The van der Waals surface area contributed by atoms with E-state index in [1.54, 1.807) is 11.8 Å². The molecule has 0 bridgehead atoms. The number of nitrogens with zero attached hydrogens (tertiary/aromatic N) is 3. The standard InChI is InChI=1S/C10H16BN3O3/c1-7-8(11(16)17)6-12-10(13-7)14-5-3-2-4-9(14)15/h6,9,15-17H,2-5H2,1H3. The molecule has 3 N–H and O–H groups in total. The van der Waals surface area contributed by atoms with Crippen LogP contribution in [0.3, 0.4) is 0 Å². The molecule has 17 heavy (non-hydrogen) atoms. The van der Waals surface area contributed by atoms with Crippen LogP contribution in [0.2, 0.25) is 0 Å². The Morgan fingerprint density at radius 3 is 2.76 bits per heavy atom. The number of aliphatic hydroxyl groups excluding tert-OH is 1. The number of hydrogen-bond donors (Lipinski definition) is 3. The van der Waals surface area contributed by atoms with E-state index in [1.807, 2.05) is 0 Å². The summed E-state index contributed by atoms with van der Waals surface area (Å²) in [5.74, 6) is 0.444. The number of piperidine rings is 1. The first kappa shape index (κ1) is 12.3. The monoisotopic (exact) mass is 237 g/mol. The first-order valence-electron chi connectivity index (χ1n) is 5.74. The van der Waals surface area contributed by atoms with Gasteiger partial charge in [-0.2, -0.15) is 0 Å². The molecular weight excluding hydrogens is 221 g/mol. The molecule has 0 radical (unpaired) electrons. The Kier molecular flexibility index (Phi) is 3.61. The van der Waals surface area contributed by atoms with Gasteiger partial charge in [-0.3, -0.25) is 0 Å². The van der Waals surface area contributed by atoms with Crippen LogP contribution >= 0.6 is 0 Å². The molecule has 1 aromatic rings. The van der Waals surface area contributed by atoms with Crippen LogP contribution < -0.4 is 10.4 Å². The van der Waals surface area contributed by atoms with Crippen LogP contribution in [0, 0.1) is 6.92 Å². The lowest BCUT2D eigenvalue weighted by Crippen LogP contribution is -2.41. The van der Waals surface area contributed by atoms with Crippen LogP contribution in [0.4, 0.5) is 5.95 Å². The van der Waals surface area contributed by atoms with E-state index < -0.39 is 13.3 Å². The largest absolute Gasteiger partial charge is 0.491 e. The van der Waals surface area contributed by atoms with Gasteiger partial charge in [0.15, 0.2) is 0 Å². The summed E-state index contributed by atoms with van der Waals surface area (Å²) in [7, 11) is -1.56. The third kappa shape index (κ3) is 2.57. The fraction of sp³-hybridized carbons (Fsp3) is 0.600. The quantitative estimate of drug-likeness (QED) is 0.558. The zero-order chi connectivity index (χ0) is 12.4. The van der Waals surface area contributed by atoms with Gasteiger partial charge < -0.3 is 20.1 Å². The van der Waals surface area contributed by atoms with Crippen molar-refractivity contribution in [3.63, 3.8) is 0 Å². The SMILES string of the molecule is Cc1nc(N2CCCCC2O)ncc1B(O)O. The summed E-state index contributed by atoms with van der Waals surface area (Å²) in [4.78, 5) is 10.0. The van der Waals surface area contributed by atoms with Crippen LogP contribution in [0.25, 0.3) is 0 Å². The second-order valence-electron chi connectivity index (χ2n) is 4.25. The van der Waals surface area contributed by atoms with Crippen LogP contribution in [0.15, 0.2) is 6.20 Å². The highest BCUT2D eigenvalue weighted by molar-refractivity contribution is 6.58. The Hall–Kier alpha value is -1.18. The van der Waals surface area contributed by atoms with Gasteiger partial charge in [0.2, 0.25) is 5.95 Å². The molecule has 6 nitrogen and oxygen atoms in total. The summed E-state index contributed by atoms with van der Waals surface area (Å²) in [6.07, 6.45) is 3.57. The number of aliphatic hydroxyl groups is 1. The molecule has 7 heteroatoms. The van der Waals surface area contributed by atoms with Crippen molar-refractivity contribution in [1.29, 1.82) is 0 Å². The molecule has 0 spiro atoms. The van der Waals surface area contributed by atoms with E-state index >= 15 is 0 Å². The normalized spacial score (nSPS) is 20.5. The minimum absolute atomic E-state index is 0.292. The van der Waals surface area contributed by atoms with E-state index in [1.165, 1.54) is 6.20 Å². The van der Waals surface area contributed by atoms with Gasteiger partial charge in [-0.15, -0.1) is 0 Å². The fourth-order valence-electron chi connectivity index (χ4n) is 2.00. The lowest BCUT2D eigenvalue weighted by atomic mass is 9.80. The maximum Gasteiger partial charge on any atom is 0.491 e. The molecule has 1 aromatic heterocycles. The van der Waals surface area contributed by atoms with Crippen molar-refractivity contribution in [3.05, 3.63) is 11.9 Å². The number of rotatable bonds is 2. The Morgan fingerprint density at radius 1 is 1.41 bits per heavy atom. The van der Waals surface area contributed by atoms with E-state index in [9.17, 15) is 5.11 Å². The highest BCUT2D eigenvalue weighted by atomic mass is 16.4. The Balaban J connectivity index is 2.24. The molecule has 0 saturated carbocycles. The van der Waals surface area contributed by atoms with Crippen LogP contribution in [-0.2, 0) is 0 Å². The third-order valence-corrected chi connectivity index (χ3v) is 3.01. The van der Waals surface area contributed by atoms with E-state index in [0.717, 1.165) is 19.4 Å². The number of aromatic nitrogens is 2. The predicted octanol–water partition coefficient (Wildman–Crippen LogP) is -1.23. The Morgan fingerprint density at radius 2 is 2.18 bits per heavy atom. The van der Waals surface area contributed by atoms with Gasteiger partial charge in [-0.25, -0.2) is 9.97 Å². The molecular formula is C10H16BN3O3. The second-order valence-corrected chi connectivity index (χ2v) is 4.25. The van der Waals surface area contributed by atoms with Gasteiger partial charge in [0.1, 0.15) is 6.23 Å². The average molecular weight is 237 g/mol. The van der Waals surface area contributed by atoms with E-state index in [0.29, 0.717) is 23.5 Å². The Bertz CT molecular complexity index is 402. The van der Waals surface area contributed by atoms with Crippen LogP contribution in [-0.4, -0.2) is 45.0 Å². The van der Waals surface area contributed by atoms with Gasteiger partial charge in [0.05, 0.1) is 0 Å². The first-order valence-corrected chi connectivity index (χ1v) is 5.74. The molecule has 1 aliphatic heterocycles. The minimum atomic E-state index is -1.56. The summed E-state index contributed by atoms with van der Waals surface area (Å²) < 4.78 is 0. The predicted molar refractivity (Wildman–Crippen MR) is 63.8 cm³/mol. The molecule has 2 heterocycles. The number of hydrogen-bond acceptors (Lipinski definition) is 6. The summed E-state index contributed by atoms with van der Waals surface area (Å²) in [6.45, 7) is 2.41. The zero-order valence-electron chi connectivity index (χ0n) is 9.74. The third-order valence-electron chi connectivity index (χ3n) is 3.01. The summed E-state index contributed by atoms with van der Waals surface area (Å²) >= 11 is 0. The van der Waals surface area contributed by atoms with E-state index in [2.05, 4.69) is 9.97 Å². The molecule has 1 atom stereocenters. The van der Waals surface area contributed by atoms with Gasteiger partial charge in [-0.05, 0) is 26.2 Å². The number of anilines is 1. The van der Waals surface area contributed by atoms with Gasteiger partial charge in [0, 0.05) is 23.9 Å². The molecule has 0 aliphatic carbocycles. The van der Waals surface area contributed by atoms with Crippen molar-refractivity contribution in [2.45, 2.75) is 32.4 Å². The minimum Gasteiger partial charge on any atom is -0.423 e. The smallest absolute Gasteiger partial charge is 0.423 e. The summed E-state index contributed by atoms with van der Waals surface area (Å²) in [6, 6.07) is 0. The fourth-order valence-corrected chi connectivity index (χ4v) is 2.00. The average Bonchev–Trinajstić information content (AvgIpc) is 2.29. The van der Waals surface area contributed by atoms with E-state index in [-0.39, 0.29) is 0 Å². The molecule has 2 rings (SSSR count). The molecule has 1 aliphatic rings. The van der Waals surface area contributed by atoms with Crippen LogP contribution in [0.1, 0.15) is 25.0 Å². The summed E-state index contributed by atoms with van der Waals surface area (Å²) in [5.41, 5.74) is 0.808. The zero-order valence-corrected chi connectivity index (χ0v) is 9.74. The maximum atomic E-state index is 9.84.